The van der Waals surface area contributed by atoms with Gasteiger partial charge in [-0.15, -0.1) is 0 Å². The summed E-state index contributed by atoms with van der Waals surface area (Å²) >= 11 is 0. The van der Waals surface area contributed by atoms with Crippen LogP contribution in [0.25, 0.3) is 22.4 Å². The minimum atomic E-state index is -0.966. The Labute approximate surface area is 186 Å². The molecule has 1 aromatic carbocycles. The highest BCUT2D eigenvalue weighted by Crippen LogP contribution is 2.31. The summed E-state index contributed by atoms with van der Waals surface area (Å²) in [6.45, 7) is 6.75. The number of hydrogen-bond donors (Lipinski definition) is 1. The molecule has 2 aliphatic rings. The highest BCUT2D eigenvalue weighted by Gasteiger charge is 2.28. The van der Waals surface area contributed by atoms with Gasteiger partial charge in [-0.2, -0.15) is 0 Å². The van der Waals surface area contributed by atoms with Gasteiger partial charge in [0.25, 0.3) is 0 Å². The van der Waals surface area contributed by atoms with E-state index >= 15 is 0 Å². The van der Waals surface area contributed by atoms with E-state index in [1.165, 1.54) is 12.8 Å². The van der Waals surface area contributed by atoms with Crippen molar-refractivity contribution in [1.29, 1.82) is 0 Å². The van der Waals surface area contributed by atoms with Crippen LogP contribution in [0.2, 0.25) is 0 Å². The lowest BCUT2D eigenvalue weighted by Gasteiger charge is -2.27. The number of benzene rings is 1. The van der Waals surface area contributed by atoms with Gasteiger partial charge in [0.1, 0.15) is 11.6 Å². The zero-order valence-electron chi connectivity index (χ0n) is 18.4. The van der Waals surface area contributed by atoms with Crippen molar-refractivity contribution in [1.82, 2.24) is 14.5 Å². The van der Waals surface area contributed by atoms with Gasteiger partial charge >= 0.3 is 5.97 Å². The molecule has 8 nitrogen and oxygen atoms in total. The predicted molar refractivity (Wildman–Crippen MR) is 121 cm³/mol. The smallest absolute Gasteiger partial charge is 0.335 e. The molecule has 2 fully saturated rings. The largest absolute Gasteiger partial charge is 0.478 e. The topological polar surface area (TPSA) is 89.7 Å². The average molecular weight is 437 g/mol. The SMILES string of the molecule is C[C@H]1CC[C@H](C)N1c1ccc(-c2nc3cc(C(=O)O)ccc3n2C[C@@H]2COCCO2)cn1. The lowest BCUT2D eigenvalue weighted by atomic mass is 10.2. The first-order chi connectivity index (χ1) is 15.5. The molecule has 0 saturated carbocycles. The number of fused-ring (bicyclic) bond motifs is 1. The van der Waals surface area contributed by atoms with Gasteiger partial charge in [-0.3, -0.25) is 0 Å². The van der Waals surface area contributed by atoms with Crippen LogP contribution < -0.4 is 4.90 Å². The van der Waals surface area contributed by atoms with E-state index in [0.29, 0.717) is 44.0 Å². The van der Waals surface area contributed by atoms with Crippen LogP contribution in [0.1, 0.15) is 37.0 Å². The number of imidazole rings is 1. The number of aromatic nitrogens is 3. The number of aromatic carboxylic acids is 1. The first-order valence-electron chi connectivity index (χ1n) is 11.2. The van der Waals surface area contributed by atoms with Gasteiger partial charge in [-0.05, 0) is 57.0 Å². The fourth-order valence-electron chi connectivity index (χ4n) is 4.83. The summed E-state index contributed by atoms with van der Waals surface area (Å²) in [5.74, 6) is 0.760. The highest BCUT2D eigenvalue weighted by molar-refractivity contribution is 5.93. The molecule has 2 aliphatic heterocycles. The summed E-state index contributed by atoms with van der Waals surface area (Å²) in [6.07, 6.45) is 4.13. The van der Waals surface area contributed by atoms with Crippen LogP contribution in [0, 0.1) is 0 Å². The number of pyridine rings is 1. The van der Waals surface area contributed by atoms with E-state index in [2.05, 4.69) is 29.4 Å². The average Bonchev–Trinajstić information content (AvgIpc) is 3.33. The second-order valence-electron chi connectivity index (χ2n) is 8.71. The molecule has 1 N–H and O–H groups in total. The maximum atomic E-state index is 11.5. The monoisotopic (exact) mass is 436 g/mol. The number of carboxylic acids is 1. The predicted octanol–water partition coefficient (Wildman–Crippen LogP) is 3.59. The molecule has 0 radical (unpaired) electrons. The van der Waals surface area contributed by atoms with Crippen molar-refractivity contribution in [2.75, 3.05) is 24.7 Å². The Morgan fingerprint density at radius 1 is 1.16 bits per heavy atom. The quantitative estimate of drug-likeness (QED) is 0.654. The fraction of sp³-hybridized carbons (Fsp3) is 0.458. The normalized spacial score (nSPS) is 23.7. The Balaban J connectivity index is 1.54. The van der Waals surface area contributed by atoms with Crippen LogP contribution in [0.5, 0.6) is 0 Å². The number of anilines is 1. The zero-order chi connectivity index (χ0) is 22.2. The molecule has 3 atom stereocenters. The maximum absolute atomic E-state index is 11.5. The molecule has 8 heteroatoms. The van der Waals surface area contributed by atoms with Crippen molar-refractivity contribution in [3.8, 4) is 11.4 Å². The molecule has 4 heterocycles. The van der Waals surface area contributed by atoms with Gasteiger partial charge in [-0.25, -0.2) is 14.8 Å². The van der Waals surface area contributed by atoms with Gasteiger partial charge in [-0.1, -0.05) is 0 Å². The third kappa shape index (κ3) is 3.84. The number of carboxylic acid groups (broad SMARTS) is 1. The highest BCUT2D eigenvalue weighted by atomic mass is 16.6. The fourth-order valence-corrected chi connectivity index (χ4v) is 4.83. The third-order valence-corrected chi connectivity index (χ3v) is 6.49. The lowest BCUT2D eigenvalue weighted by Crippen LogP contribution is -2.33. The zero-order valence-corrected chi connectivity index (χ0v) is 18.4. The van der Waals surface area contributed by atoms with E-state index in [-0.39, 0.29) is 11.7 Å². The summed E-state index contributed by atoms with van der Waals surface area (Å²) in [4.78, 5) is 23.4. The number of nitrogens with zero attached hydrogens (tertiary/aromatic N) is 4. The standard InChI is InChI=1S/C24H28N4O4/c1-15-3-4-16(2)28(15)22-8-6-18(12-25-22)23-26-20-11-17(24(29)30)5-7-21(20)27(23)13-19-14-31-9-10-32-19/h5-8,11-12,15-16,19H,3-4,9-10,13-14H2,1-2H3,(H,29,30)/t15-,16-,19+/m0/s1. The molecule has 5 rings (SSSR count). The van der Waals surface area contributed by atoms with E-state index in [1.807, 2.05) is 18.3 Å². The molecule has 0 bridgehead atoms. The van der Waals surface area contributed by atoms with Gasteiger partial charge in [0.2, 0.25) is 0 Å². The molecule has 0 amide bonds. The number of ether oxygens (including phenoxy) is 2. The van der Waals surface area contributed by atoms with Gasteiger partial charge in [0.05, 0.1) is 49.1 Å². The number of rotatable bonds is 5. The summed E-state index contributed by atoms with van der Waals surface area (Å²) < 4.78 is 13.5. The maximum Gasteiger partial charge on any atom is 0.335 e. The van der Waals surface area contributed by atoms with Crippen molar-refractivity contribution in [2.24, 2.45) is 0 Å². The van der Waals surface area contributed by atoms with Crippen molar-refractivity contribution < 1.29 is 19.4 Å². The van der Waals surface area contributed by atoms with Crippen molar-refractivity contribution >= 4 is 22.8 Å². The van der Waals surface area contributed by atoms with Crippen LogP contribution in [-0.4, -0.2) is 63.6 Å². The molecule has 0 unspecified atom stereocenters. The summed E-state index contributed by atoms with van der Waals surface area (Å²) in [5.41, 5.74) is 2.61. The molecule has 2 aromatic heterocycles. The molecule has 0 aliphatic carbocycles. The third-order valence-electron chi connectivity index (χ3n) is 6.49. The first-order valence-corrected chi connectivity index (χ1v) is 11.2. The summed E-state index contributed by atoms with van der Waals surface area (Å²) in [5, 5.41) is 9.39. The van der Waals surface area contributed by atoms with E-state index in [0.717, 1.165) is 22.7 Å². The van der Waals surface area contributed by atoms with Crippen molar-refractivity contribution in [2.45, 2.75) is 51.4 Å². The Hall–Kier alpha value is -2.97. The summed E-state index contributed by atoms with van der Waals surface area (Å²) in [6, 6.07) is 10.1. The molecule has 32 heavy (non-hydrogen) atoms. The van der Waals surface area contributed by atoms with E-state index < -0.39 is 5.97 Å². The molecule has 0 spiro atoms. The molecule has 3 aromatic rings. The van der Waals surface area contributed by atoms with Crippen LogP contribution in [-0.2, 0) is 16.0 Å². The minimum Gasteiger partial charge on any atom is -0.478 e. The van der Waals surface area contributed by atoms with Crippen LogP contribution in [0.4, 0.5) is 5.82 Å². The van der Waals surface area contributed by atoms with E-state index in [4.69, 9.17) is 19.4 Å². The molecule has 168 valence electrons. The van der Waals surface area contributed by atoms with Crippen LogP contribution in [0.3, 0.4) is 0 Å². The van der Waals surface area contributed by atoms with Gasteiger partial charge in [0.15, 0.2) is 0 Å². The van der Waals surface area contributed by atoms with Gasteiger partial charge < -0.3 is 24.0 Å². The minimum absolute atomic E-state index is 0.0856. The first kappa shape index (κ1) is 20.9. The Morgan fingerprint density at radius 3 is 2.62 bits per heavy atom. The lowest BCUT2D eigenvalue weighted by molar-refractivity contribution is -0.0931. The van der Waals surface area contributed by atoms with Crippen molar-refractivity contribution in [3.63, 3.8) is 0 Å². The number of carbonyl (C=O) groups is 1. The second-order valence-corrected chi connectivity index (χ2v) is 8.71. The van der Waals surface area contributed by atoms with Gasteiger partial charge in [0, 0.05) is 23.8 Å². The Kier molecular flexibility index (Phi) is 5.57. The molecule has 2 saturated heterocycles. The van der Waals surface area contributed by atoms with E-state index in [1.54, 1.807) is 12.1 Å². The Morgan fingerprint density at radius 2 is 1.97 bits per heavy atom. The summed E-state index contributed by atoms with van der Waals surface area (Å²) in [7, 11) is 0. The molecular formula is C24H28N4O4. The van der Waals surface area contributed by atoms with Crippen molar-refractivity contribution in [3.05, 3.63) is 42.1 Å². The second kappa shape index (κ2) is 8.52. The van der Waals surface area contributed by atoms with Crippen LogP contribution in [0.15, 0.2) is 36.5 Å². The van der Waals surface area contributed by atoms with Crippen LogP contribution >= 0.6 is 0 Å². The van der Waals surface area contributed by atoms with E-state index in [9.17, 15) is 9.90 Å². The number of hydrogen-bond acceptors (Lipinski definition) is 6. The molecular weight excluding hydrogens is 408 g/mol. The Bertz CT molecular complexity index is 1110.